The van der Waals surface area contributed by atoms with Crippen LogP contribution in [0.5, 0.6) is 0 Å². The van der Waals surface area contributed by atoms with Gasteiger partial charge in [0.15, 0.2) is 0 Å². The van der Waals surface area contributed by atoms with Gasteiger partial charge in [-0.05, 0) is 44.2 Å². The molecule has 9 heteroatoms. The molecule has 0 radical (unpaired) electrons. The highest BCUT2D eigenvalue weighted by molar-refractivity contribution is 7.92. The fraction of sp³-hybridized carbons (Fsp3) is 0.263. The van der Waals surface area contributed by atoms with Crippen LogP contribution in [0.25, 0.3) is 0 Å². The summed E-state index contributed by atoms with van der Waals surface area (Å²) < 4.78 is 44.2. The van der Waals surface area contributed by atoms with Crippen molar-refractivity contribution in [2.45, 2.75) is 19.9 Å². The lowest BCUT2D eigenvalue weighted by Gasteiger charge is -2.28. The number of anilines is 2. The third-order valence-corrected chi connectivity index (χ3v) is 5.05. The Balaban J connectivity index is 2.28. The van der Waals surface area contributed by atoms with E-state index in [0.29, 0.717) is 4.31 Å². The molecule has 28 heavy (non-hydrogen) atoms. The van der Waals surface area contributed by atoms with Gasteiger partial charge in [-0.1, -0.05) is 18.2 Å². The van der Waals surface area contributed by atoms with Gasteiger partial charge < -0.3 is 10.1 Å². The van der Waals surface area contributed by atoms with Crippen LogP contribution >= 0.6 is 0 Å². The number of nitrogens with one attached hydrogen (secondary N) is 1. The van der Waals surface area contributed by atoms with E-state index in [9.17, 15) is 22.4 Å². The maximum Gasteiger partial charge on any atom is 0.338 e. The predicted molar refractivity (Wildman–Crippen MR) is 104 cm³/mol. The summed E-state index contributed by atoms with van der Waals surface area (Å²) in [4.78, 5) is 24.5. The molecule has 1 amide bonds. The Hall–Kier alpha value is -2.94. The molecule has 0 aliphatic rings. The fourth-order valence-electron chi connectivity index (χ4n) is 2.60. The van der Waals surface area contributed by atoms with Crippen LogP contribution in [0.15, 0.2) is 48.5 Å². The van der Waals surface area contributed by atoms with E-state index >= 15 is 0 Å². The number of hydrogen-bond donors (Lipinski definition) is 1. The number of hydrogen-bond acceptors (Lipinski definition) is 5. The van der Waals surface area contributed by atoms with Gasteiger partial charge in [-0.3, -0.25) is 9.10 Å². The van der Waals surface area contributed by atoms with Crippen LogP contribution < -0.4 is 9.62 Å². The minimum atomic E-state index is -3.95. The second kappa shape index (κ2) is 8.83. The summed E-state index contributed by atoms with van der Waals surface area (Å²) in [5, 5.41) is 2.55. The monoisotopic (exact) mass is 408 g/mol. The molecule has 0 aliphatic heterocycles. The zero-order chi connectivity index (χ0) is 20.9. The van der Waals surface area contributed by atoms with Gasteiger partial charge in [0.05, 0.1) is 24.1 Å². The number of halogens is 1. The maximum absolute atomic E-state index is 14.1. The summed E-state index contributed by atoms with van der Waals surface area (Å²) >= 11 is 0. The average Bonchev–Trinajstić information content (AvgIpc) is 2.62. The number of carbonyl (C=O) groups is 2. The second-order valence-electron chi connectivity index (χ2n) is 5.98. The summed E-state index contributed by atoms with van der Waals surface area (Å²) in [5.41, 5.74) is 0.290. The van der Waals surface area contributed by atoms with Gasteiger partial charge in [0, 0.05) is 5.69 Å². The van der Waals surface area contributed by atoms with Crippen molar-refractivity contribution < 1.29 is 27.1 Å². The summed E-state index contributed by atoms with van der Waals surface area (Å²) in [7, 11) is -3.95. The standard InChI is InChI=1S/C19H21FN2O5S/c1-4-27-19(24)14-8-7-9-15(12-14)21-18(23)13(2)22(28(3,25)26)17-11-6-5-10-16(17)20/h5-13H,4H2,1-3H3,(H,21,23)/t13-/m1/s1. The number of sulfonamides is 1. The minimum Gasteiger partial charge on any atom is -0.462 e. The Morgan fingerprint density at radius 1 is 1.18 bits per heavy atom. The third kappa shape index (κ3) is 5.07. The Bertz CT molecular complexity index is 978. The van der Waals surface area contributed by atoms with Gasteiger partial charge in [-0.15, -0.1) is 0 Å². The molecule has 0 spiro atoms. The van der Waals surface area contributed by atoms with E-state index in [2.05, 4.69) is 5.32 Å². The first kappa shape index (κ1) is 21.4. The number of esters is 1. The van der Waals surface area contributed by atoms with E-state index < -0.39 is 33.8 Å². The van der Waals surface area contributed by atoms with Crippen LogP contribution in [0.4, 0.5) is 15.8 Å². The van der Waals surface area contributed by atoms with Gasteiger partial charge >= 0.3 is 5.97 Å². The van der Waals surface area contributed by atoms with Gasteiger partial charge in [0.1, 0.15) is 11.9 Å². The summed E-state index contributed by atoms with van der Waals surface area (Å²) in [5.74, 6) is -2.00. The van der Waals surface area contributed by atoms with Crippen molar-refractivity contribution in [1.29, 1.82) is 0 Å². The summed E-state index contributed by atoms with van der Waals surface area (Å²) in [6.45, 7) is 3.23. The van der Waals surface area contributed by atoms with Crippen molar-refractivity contribution in [2.24, 2.45) is 0 Å². The lowest BCUT2D eigenvalue weighted by Crippen LogP contribution is -2.45. The zero-order valence-electron chi connectivity index (χ0n) is 15.7. The number of para-hydroxylation sites is 1. The Kier molecular flexibility index (Phi) is 6.74. The Morgan fingerprint density at radius 3 is 2.46 bits per heavy atom. The summed E-state index contributed by atoms with van der Waals surface area (Å²) in [6, 6.07) is 10.1. The van der Waals surface area contributed by atoms with Crippen molar-refractivity contribution in [1.82, 2.24) is 0 Å². The molecule has 0 bridgehead atoms. The molecule has 1 atom stereocenters. The topological polar surface area (TPSA) is 92.8 Å². The van der Waals surface area contributed by atoms with Gasteiger partial charge in [0.2, 0.25) is 15.9 Å². The van der Waals surface area contributed by atoms with Crippen LogP contribution in [-0.2, 0) is 19.6 Å². The highest BCUT2D eigenvalue weighted by Crippen LogP contribution is 2.24. The molecular formula is C19H21FN2O5S. The van der Waals surface area contributed by atoms with Crippen molar-refractivity contribution in [3.05, 3.63) is 59.9 Å². The molecule has 2 aromatic rings. The molecule has 0 unspecified atom stereocenters. The van der Waals surface area contributed by atoms with Crippen molar-refractivity contribution >= 4 is 33.3 Å². The van der Waals surface area contributed by atoms with Crippen LogP contribution in [0, 0.1) is 5.82 Å². The molecule has 0 heterocycles. The molecular weight excluding hydrogens is 387 g/mol. The van der Waals surface area contributed by atoms with Crippen molar-refractivity contribution in [3.8, 4) is 0 Å². The van der Waals surface area contributed by atoms with Crippen LogP contribution in [0.2, 0.25) is 0 Å². The molecule has 0 aromatic heterocycles. The molecule has 0 saturated heterocycles. The van der Waals surface area contributed by atoms with E-state index in [1.54, 1.807) is 19.1 Å². The number of benzene rings is 2. The largest absolute Gasteiger partial charge is 0.462 e. The molecule has 2 rings (SSSR count). The number of amides is 1. The highest BCUT2D eigenvalue weighted by Gasteiger charge is 2.31. The second-order valence-corrected chi connectivity index (χ2v) is 7.84. The van der Waals surface area contributed by atoms with Crippen LogP contribution in [0.1, 0.15) is 24.2 Å². The number of carbonyl (C=O) groups excluding carboxylic acids is 2. The van der Waals surface area contributed by atoms with Crippen LogP contribution in [0.3, 0.4) is 0 Å². The minimum absolute atomic E-state index is 0.207. The first-order valence-electron chi connectivity index (χ1n) is 8.47. The predicted octanol–water partition coefficient (Wildman–Crippen LogP) is 2.80. The Morgan fingerprint density at radius 2 is 1.86 bits per heavy atom. The smallest absolute Gasteiger partial charge is 0.338 e. The van der Waals surface area contributed by atoms with Crippen LogP contribution in [-0.4, -0.2) is 39.2 Å². The van der Waals surface area contributed by atoms with E-state index in [1.807, 2.05) is 0 Å². The lowest BCUT2D eigenvalue weighted by atomic mass is 10.2. The SMILES string of the molecule is CCOC(=O)c1cccc(NC(=O)[C@@H](C)N(c2ccccc2F)S(C)(=O)=O)c1. The maximum atomic E-state index is 14.1. The fourth-order valence-corrected chi connectivity index (χ4v) is 3.77. The Labute approximate surface area is 163 Å². The lowest BCUT2D eigenvalue weighted by molar-refractivity contribution is -0.116. The number of rotatable bonds is 7. The van der Waals surface area contributed by atoms with Gasteiger partial charge in [-0.2, -0.15) is 0 Å². The normalized spacial score (nSPS) is 12.1. The molecule has 1 N–H and O–H groups in total. The van der Waals surface area contributed by atoms with Crippen molar-refractivity contribution in [2.75, 3.05) is 22.5 Å². The molecule has 7 nitrogen and oxygen atoms in total. The number of ether oxygens (including phenoxy) is 1. The first-order chi connectivity index (χ1) is 13.1. The zero-order valence-corrected chi connectivity index (χ0v) is 16.5. The van der Waals surface area contributed by atoms with Crippen molar-refractivity contribution in [3.63, 3.8) is 0 Å². The van der Waals surface area contributed by atoms with E-state index in [1.165, 1.54) is 37.3 Å². The molecule has 0 saturated carbocycles. The highest BCUT2D eigenvalue weighted by atomic mass is 32.2. The molecule has 0 aliphatic carbocycles. The molecule has 2 aromatic carbocycles. The number of nitrogens with zero attached hydrogens (tertiary/aromatic N) is 1. The van der Waals surface area contributed by atoms with Gasteiger partial charge in [0.25, 0.3) is 0 Å². The van der Waals surface area contributed by atoms with E-state index in [4.69, 9.17) is 4.74 Å². The summed E-state index contributed by atoms with van der Waals surface area (Å²) in [6.07, 6.45) is 0.893. The third-order valence-electron chi connectivity index (χ3n) is 3.82. The average molecular weight is 408 g/mol. The molecule has 0 fully saturated rings. The van der Waals surface area contributed by atoms with Gasteiger partial charge in [-0.25, -0.2) is 17.6 Å². The molecule has 150 valence electrons. The van der Waals surface area contributed by atoms with E-state index in [-0.39, 0.29) is 23.5 Å². The first-order valence-corrected chi connectivity index (χ1v) is 10.3. The quantitative estimate of drug-likeness (QED) is 0.711. The van der Waals surface area contributed by atoms with E-state index in [0.717, 1.165) is 12.3 Å².